The van der Waals surface area contributed by atoms with Gasteiger partial charge in [-0.2, -0.15) is 5.10 Å². The fraction of sp³-hybridized carbons (Fsp3) is 0.267. The van der Waals surface area contributed by atoms with Gasteiger partial charge in [0.25, 0.3) is 11.5 Å². The first-order valence-corrected chi connectivity index (χ1v) is 7.56. The van der Waals surface area contributed by atoms with E-state index < -0.39 is 17.2 Å². The summed E-state index contributed by atoms with van der Waals surface area (Å²) in [6.45, 7) is 2.45. The van der Waals surface area contributed by atoms with E-state index >= 15 is 0 Å². The number of aromatic nitrogens is 3. The van der Waals surface area contributed by atoms with Crippen molar-refractivity contribution < 1.29 is 9.53 Å². The van der Waals surface area contributed by atoms with Crippen LogP contribution in [0.1, 0.15) is 18.9 Å². The Labute approximate surface area is 142 Å². The fourth-order valence-corrected chi connectivity index (χ4v) is 1.72. The molecule has 2 aromatic rings. The second-order valence-electron chi connectivity index (χ2n) is 4.92. The minimum atomic E-state index is -0.726. The molecule has 0 aliphatic heterocycles. The molecule has 0 bridgehead atoms. The van der Waals surface area contributed by atoms with Gasteiger partial charge in [-0.15, -0.1) is 5.10 Å². The Morgan fingerprint density at radius 2 is 2.08 bits per heavy atom. The Morgan fingerprint density at radius 1 is 1.32 bits per heavy atom. The highest BCUT2D eigenvalue weighted by Gasteiger charge is 2.04. The number of aromatic amines is 2. The van der Waals surface area contributed by atoms with Gasteiger partial charge >= 0.3 is 5.69 Å². The lowest BCUT2D eigenvalue weighted by Gasteiger charge is -2.04. The number of ether oxygens (including phenoxy) is 1. The van der Waals surface area contributed by atoms with E-state index in [-0.39, 0.29) is 12.4 Å². The highest BCUT2D eigenvalue weighted by molar-refractivity contribution is 5.84. The molecule has 0 unspecified atom stereocenters. The Morgan fingerprint density at radius 3 is 2.76 bits per heavy atom. The van der Waals surface area contributed by atoms with Gasteiger partial charge in [0.05, 0.1) is 19.4 Å². The molecule has 0 fully saturated rings. The van der Waals surface area contributed by atoms with Crippen LogP contribution in [0.3, 0.4) is 0 Å². The lowest BCUT2D eigenvalue weighted by atomic mass is 10.2. The smallest absolute Gasteiger partial charge is 0.342 e. The van der Waals surface area contributed by atoms with E-state index in [2.05, 4.69) is 26.0 Å². The lowest BCUT2D eigenvalue weighted by Crippen LogP contribution is -2.31. The van der Waals surface area contributed by atoms with Crippen molar-refractivity contribution in [3.05, 3.63) is 50.7 Å². The number of anilines is 1. The molecule has 2 rings (SSSR count). The molecule has 1 heterocycles. The molecular formula is C15H18N6O4. The van der Waals surface area contributed by atoms with Gasteiger partial charge < -0.3 is 10.1 Å². The maximum atomic E-state index is 11.6. The van der Waals surface area contributed by atoms with Crippen LogP contribution in [0.5, 0.6) is 5.75 Å². The van der Waals surface area contributed by atoms with E-state index in [0.717, 1.165) is 17.7 Å². The lowest BCUT2D eigenvalue weighted by molar-refractivity contribution is -0.119. The maximum Gasteiger partial charge on any atom is 0.342 e. The number of carbonyl (C=O) groups is 1. The van der Waals surface area contributed by atoms with E-state index in [9.17, 15) is 14.4 Å². The Bertz CT molecular complexity index is 840. The van der Waals surface area contributed by atoms with Gasteiger partial charge in [0.15, 0.2) is 0 Å². The summed E-state index contributed by atoms with van der Waals surface area (Å²) in [6, 6.07) is 7.24. The number of hydrazone groups is 1. The number of amides is 1. The van der Waals surface area contributed by atoms with Crippen LogP contribution in [0.4, 0.5) is 5.82 Å². The number of nitrogens with one attached hydrogen (secondary N) is 4. The van der Waals surface area contributed by atoms with Crippen LogP contribution in [-0.2, 0) is 4.79 Å². The summed E-state index contributed by atoms with van der Waals surface area (Å²) in [6.07, 6.45) is 2.41. The molecule has 10 nitrogen and oxygen atoms in total. The van der Waals surface area contributed by atoms with E-state index in [1.165, 1.54) is 6.21 Å². The second-order valence-corrected chi connectivity index (χ2v) is 4.92. The molecule has 1 aromatic heterocycles. The van der Waals surface area contributed by atoms with Gasteiger partial charge in [0.2, 0.25) is 5.82 Å². The normalized spacial score (nSPS) is 10.6. The van der Waals surface area contributed by atoms with Gasteiger partial charge in [-0.25, -0.2) is 15.3 Å². The third-order valence-electron chi connectivity index (χ3n) is 2.88. The average Bonchev–Trinajstić information content (AvgIpc) is 2.60. The molecule has 1 amide bonds. The number of rotatable bonds is 8. The van der Waals surface area contributed by atoms with Crippen molar-refractivity contribution in [2.75, 3.05) is 18.5 Å². The van der Waals surface area contributed by atoms with Crippen molar-refractivity contribution in [3.63, 3.8) is 0 Å². The van der Waals surface area contributed by atoms with Crippen LogP contribution in [0, 0.1) is 0 Å². The van der Waals surface area contributed by atoms with E-state index in [1.54, 1.807) is 0 Å². The third kappa shape index (κ3) is 5.94. The summed E-state index contributed by atoms with van der Waals surface area (Å²) in [5, 5.41) is 11.8. The molecule has 10 heteroatoms. The number of carbonyl (C=O) groups excluding carboxylic acids is 1. The van der Waals surface area contributed by atoms with Crippen LogP contribution < -0.4 is 26.7 Å². The van der Waals surface area contributed by atoms with Crippen molar-refractivity contribution in [2.45, 2.75) is 13.3 Å². The Balaban J connectivity index is 1.80. The number of hydrogen-bond donors (Lipinski definition) is 4. The fourth-order valence-electron chi connectivity index (χ4n) is 1.72. The monoisotopic (exact) mass is 346 g/mol. The van der Waals surface area contributed by atoms with Crippen molar-refractivity contribution in [1.29, 1.82) is 0 Å². The minimum Gasteiger partial charge on any atom is -0.494 e. The zero-order chi connectivity index (χ0) is 18.1. The number of nitrogens with zero attached hydrogens (tertiary/aromatic N) is 2. The summed E-state index contributed by atoms with van der Waals surface area (Å²) in [7, 11) is 0. The molecule has 0 aliphatic carbocycles. The Kier molecular flexibility index (Phi) is 6.46. The average molecular weight is 346 g/mol. The number of hydrogen-bond acceptors (Lipinski definition) is 7. The maximum absolute atomic E-state index is 11.6. The van der Waals surface area contributed by atoms with Gasteiger partial charge in [0, 0.05) is 0 Å². The SMILES string of the molecule is CCCOc1ccc(/C=N/NC(=O)CNc2n[nH]c(=O)[nH]c2=O)cc1. The summed E-state index contributed by atoms with van der Waals surface area (Å²) in [5.41, 5.74) is 1.65. The predicted octanol–water partition coefficient (Wildman–Crippen LogP) is -0.191. The van der Waals surface area contributed by atoms with Crippen LogP contribution in [-0.4, -0.2) is 40.5 Å². The van der Waals surface area contributed by atoms with Crippen LogP contribution in [0.25, 0.3) is 0 Å². The van der Waals surface area contributed by atoms with Gasteiger partial charge in [0.1, 0.15) is 5.75 Å². The highest BCUT2D eigenvalue weighted by atomic mass is 16.5. The van der Waals surface area contributed by atoms with Gasteiger partial charge in [-0.1, -0.05) is 6.92 Å². The van der Waals surface area contributed by atoms with E-state index in [4.69, 9.17) is 4.74 Å². The van der Waals surface area contributed by atoms with Crippen LogP contribution >= 0.6 is 0 Å². The molecule has 0 saturated heterocycles. The molecule has 0 aliphatic rings. The summed E-state index contributed by atoms with van der Waals surface area (Å²) < 4.78 is 5.47. The van der Waals surface area contributed by atoms with Crippen molar-refractivity contribution in [2.24, 2.45) is 5.10 Å². The quantitative estimate of drug-likeness (QED) is 0.385. The van der Waals surface area contributed by atoms with Crippen LogP contribution in [0.2, 0.25) is 0 Å². The molecule has 132 valence electrons. The number of H-pyrrole nitrogens is 2. The second kappa shape index (κ2) is 9.01. The topological polar surface area (TPSA) is 141 Å². The molecule has 0 atom stereocenters. The zero-order valence-corrected chi connectivity index (χ0v) is 13.5. The molecular weight excluding hydrogens is 328 g/mol. The summed E-state index contributed by atoms with van der Waals surface area (Å²) in [4.78, 5) is 35.8. The van der Waals surface area contributed by atoms with E-state index in [0.29, 0.717) is 6.61 Å². The number of benzene rings is 1. The third-order valence-corrected chi connectivity index (χ3v) is 2.88. The molecule has 25 heavy (non-hydrogen) atoms. The molecule has 1 aromatic carbocycles. The molecule has 4 N–H and O–H groups in total. The largest absolute Gasteiger partial charge is 0.494 e. The molecule has 0 spiro atoms. The summed E-state index contributed by atoms with van der Waals surface area (Å²) >= 11 is 0. The first-order valence-electron chi connectivity index (χ1n) is 7.56. The van der Waals surface area contributed by atoms with Crippen molar-refractivity contribution in [1.82, 2.24) is 20.6 Å². The standard InChI is InChI=1S/C15H18N6O4/c1-2-7-25-11-5-3-10(4-6-11)8-17-19-12(22)9-16-13-14(23)18-15(24)21-20-13/h3-6,8H,2,7,9H2,1H3,(H,16,20)(H,19,22)(H2,18,21,23,24)/b17-8+. The first-order chi connectivity index (χ1) is 12.1. The van der Waals surface area contributed by atoms with Crippen LogP contribution in [0.15, 0.2) is 39.0 Å². The van der Waals surface area contributed by atoms with E-state index in [1.807, 2.05) is 36.2 Å². The van der Waals surface area contributed by atoms with Crippen molar-refractivity contribution >= 4 is 17.9 Å². The highest BCUT2D eigenvalue weighted by Crippen LogP contribution is 2.11. The minimum absolute atomic E-state index is 0.165. The molecule has 0 radical (unpaired) electrons. The zero-order valence-electron chi connectivity index (χ0n) is 13.5. The van der Waals surface area contributed by atoms with Gasteiger partial charge in [-0.3, -0.25) is 14.6 Å². The van der Waals surface area contributed by atoms with Crippen molar-refractivity contribution in [3.8, 4) is 5.75 Å². The first kappa shape index (κ1) is 17.9. The summed E-state index contributed by atoms with van der Waals surface area (Å²) in [5.74, 6) is 0.124. The predicted molar refractivity (Wildman–Crippen MR) is 91.9 cm³/mol. The van der Waals surface area contributed by atoms with Gasteiger partial charge in [-0.05, 0) is 36.2 Å². The molecule has 0 saturated carbocycles. The Hall–Kier alpha value is -3.43.